The maximum atomic E-state index is 8.55. The van der Waals surface area contributed by atoms with Crippen LogP contribution in [0.4, 0.5) is 0 Å². The van der Waals surface area contributed by atoms with Gasteiger partial charge in [-0.3, -0.25) is 0 Å². The van der Waals surface area contributed by atoms with E-state index < -0.39 is 0 Å². The molecule has 0 aliphatic carbocycles. The topological polar surface area (TPSA) is 20.2 Å². The number of hydrogen-bond acceptors (Lipinski definition) is 1. The summed E-state index contributed by atoms with van der Waals surface area (Å²) in [6.45, 7) is 6.42. The molecule has 0 fully saturated rings. The number of allylic oxidation sites excluding steroid dienone is 3. The molecule has 0 saturated carbocycles. The molecule has 0 aromatic heterocycles. The number of hydrogen-bond donors (Lipinski definition) is 1. The van der Waals surface area contributed by atoms with Gasteiger partial charge in [0.25, 0.3) is 0 Å². The fourth-order valence-electron chi connectivity index (χ4n) is 0.846. The van der Waals surface area contributed by atoms with Crippen LogP contribution >= 0.6 is 0 Å². The summed E-state index contributed by atoms with van der Waals surface area (Å²) in [7, 11) is 0. The Morgan fingerprint density at radius 1 is 1.17 bits per heavy atom. The Hall–Kier alpha value is 0.362. The van der Waals surface area contributed by atoms with E-state index >= 15 is 0 Å². The van der Waals surface area contributed by atoms with E-state index in [1.54, 1.807) is 0 Å². The predicted octanol–water partition coefficient (Wildman–Crippen LogP) is 1.76. The second-order valence-electron chi connectivity index (χ2n) is 3.05. The molecule has 0 unspecified atom stereocenters. The second-order valence-corrected chi connectivity index (χ2v) is 3.05. The molecule has 1 N–H and O–H groups in total. The quantitative estimate of drug-likeness (QED) is 0.596. The third-order valence-electron chi connectivity index (χ3n) is 1.53. The van der Waals surface area contributed by atoms with Crippen molar-refractivity contribution in [1.29, 1.82) is 0 Å². The fourth-order valence-corrected chi connectivity index (χ4v) is 0.846. The molecule has 0 aliphatic heterocycles. The molecular weight excluding hydrogens is 343 g/mol. The molecule has 70 valence electrons. The minimum absolute atomic E-state index is 0. The van der Waals surface area contributed by atoms with Crippen LogP contribution in [0.2, 0.25) is 0 Å². The van der Waals surface area contributed by atoms with Crippen LogP contribution < -0.4 is 0 Å². The SMILES string of the molecule is CC(C)=CCC/C(C)=C/CO.[PbH2]. The van der Waals surface area contributed by atoms with Crippen LogP contribution in [-0.4, -0.2) is 39.0 Å². The van der Waals surface area contributed by atoms with Crippen LogP contribution in [0.15, 0.2) is 23.3 Å². The zero-order valence-corrected chi connectivity index (χ0v) is 13.9. The molecule has 0 amide bonds. The molecule has 1 nitrogen and oxygen atoms in total. The standard InChI is InChI=1S/C10H18O.Pb.2H/c1-9(2)5-4-6-10(3)7-8-11;;;/h5,7,11H,4,6,8H2,1-3H3;;;/b10-7+;;;. The van der Waals surface area contributed by atoms with Crippen molar-refractivity contribution in [1.82, 2.24) is 0 Å². The molecule has 0 aromatic rings. The van der Waals surface area contributed by atoms with Crippen molar-refractivity contribution >= 4 is 27.3 Å². The van der Waals surface area contributed by atoms with Gasteiger partial charge in [-0.1, -0.05) is 23.3 Å². The van der Waals surface area contributed by atoms with Crippen LogP contribution in [0, 0.1) is 0 Å². The van der Waals surface area contributed by atoms with Crippen LogP contribution in [0.5, 0.6) is 0 Å². The normalized spacial score (nSPS) is 10.5. The molecule has 0 heterocycles. The van der Waals surface area contributed by atoms with Gasteiger partial charge in [0, 0.05) is 0 Å². The Bertz CT molecular complexity index is 155. The van der Waals surface area contributed by atoms with E-state index in [1.165, 1.54) is 11.1 Å². The van der Waals surface area contributed by atoms with E-state index in [-0.39, 0.29) is 33.9 Å². The van der Waals surface area contributed by atoms with Gasteiger partial charge in [-0.25, -0.2) is 0 Å². The second kappa shape index (κ2) is 9.45. The van der Waals surface area contributed by atoms with Crippen molar-refractivity contribution in [3.05, 3.63) is 23.3 Å². The molecule has 0 bridgehead atoms. The average Bonchev–Trinajstić information content (AvgIpc) is 1.87. The summed E-state index contributed by atoms with van der Waals surface area (Å²) in [5, 5.41) is 8.55. The van der Waals surface area contributed by atoms with Gasteiger partial charge in [0.1, 0.15) is 0 Å². The van der Waals surface area contributed by atoms with Crippen molar-refractivity contribution in [3.63, 3.8) is 0 Å². The molecule has 0 spiro atoms. The zero-order chi connectivity index (χ0) is 8.69. The molecular formula is C10H20OPb. The molecule has 2 radical (unpaired) electrons. The van der Waals surface area contributed by atoms with Crippen molar-refractivity contribution < 1.29 is 5.11 Å². The average molecular weight is 363 g/mol. The summed E-state index contributed by atoms with van der Waals surface area (Å²) in [6.07, 6.45) is 6.23. The third kappa shape index (κ3) is 10.4. The molecule has 0 aromatic carbocycles. The van der Waals surface area contributed by atoms with Crippen LogP contribution in [0.3, 0.4) is 0 Å². The van der Waals surface area contributed by atoms with E-state index in [0.29, 0.717) is 0 Å². The monoisotopic (exact) mass is 364 g/mol. The van der Waals surface area contributed by atoms with Gasteiger partial charge in [0.05, 0.1) is 6.61 Å². The summed E-state index contributed by atoms with van der Waals surface area (Å²) in [6, 6.07) is 0. The van der Waals surface area contributed by atoms with E-state index in [4.69, 9.17) is 5.11 Å². The van der Waals surface area contributed by atoms with Crippen molar-refractivity contribution in [2.45, 2.75) is 33.6 Å². The van der Waals surface area contributed by atoms with E-state index in [9.17, 15) is 0 Å². The molecule has 0 rings (SSSR count). The van der Waals surface area contributed by atoms with Crippen molar-refractivity contribution in [3.8, 4) is 0 Å². The summed E-state index contributed by atoms with van der Waals surface area (Å²) in [5.74, 6) is 0. The predicted molar refractivity (Wildman–Crippen MR) is 58.1 cm³/mol. The molecule has 0 aliphatic rings. The minimum atomic E-state index is 0. The van der Waals surface area contributed by atoms with E-state index in [0.717, 1.165) is 12.8 Å². The van der Waals surface area contributed by atoms with Gasteiger partial charge >= 0.3 is 27.3 Å². The van der Waals surface area contributed by atoms with Gasteiger partial charge in [0.15, 0.2) is 0 Å². The maximum absolute atomic E-state index is 8.55. The first kappa shape index (κ1) is 14.9. The van der Waals surface area contributed by atoms with E-state index in [2.05, 4.69) is 26.8 Å². The first-order chi connectivity index (χ1) is 5.16. The molecule has 0 atom stereocenters. The fraction of sp³-hybridized carbons (Fsp3) is 0.600. The molecule has 0 saturated heterocycles. The Morgan fingerprint density at radius 3 is 2.17 bits per heavy atom. The van der Waals surface area contributed by atoms with Gasteiger partial charge in [-0.05, 0) is 33.6 Å². The number of aliphatic hydroxyl groups excluding tert-OH is 1. The number of aliphatic hydroxyl groups is 1. The van der Waals surface area contributed by atoms with Crippen molar-refractivity contribution in [2.24, 2.45) is 0 Å². The van der Waals surface area contributed by atoms with Gasteiger partial charge < -0.3 is 5.11 Å². The summed E-state index contributed by atoms with van der Waals surface area (Å²) < 4.78 is 0. The first-order valence-electron chi connectivity index (χ1n) is 4.06. The van der Waals surface area contributed by atoms with Crippen LogP contribution in [0.1, 0.15) is 33.6 Å². The molecule has 2 heteroatoms. The van der Waals surface area contributed by atoms with E-state index in [1.807, 2.05) is 6.08 Å². The first-order valence-corrected chi connectivity index (χ1v) is 4.06. The zero-order valence-electron chi connectivity index (χ0n) is 8.43. The summed E-state index contributed by atoms with van der Waals surface area (Å²) in [5.41, 5.74) is 2.63. The Balaban J connectivity index is 0. The van der Waals surface area contributed by atoms with Gasteiger partial charge in [-0.2, -0.15) is 0 Å². The van der Waals surface area contributed by atoms with Crippen LogP contribution in [-0.2, 0) is 0 Å². The van der Waals surface area contributed by atoms with Gasteiger partial charge in [0.2, 0.25) is 0 Å². The number of rotatable bonds is 4. The third-order valence-corrected chi connectivity index (χ3v) is 1.53. The Kier molecular flexibility index (Phi) is 11.7. The van der Waals surface area contributed by atoms with Crippen molar-refractivity contribution in [2.75, 3.05) is 6.61 Å². The summed E-state index contributed by atoms with van der Waals surface area (Å²) >= 11 is 0. The Morgan fingerprint density at radius 2 is 1.75 bits per heavy atom. The molecule has 12 heavy (non-hydrogen) atoms. The summed E-state index contributed by atoms with van der Waals surface area (Å²) in [4.78, 5) is 0. The van der Waals surface area contributed by atoms with Gasteiger partial charge in [-0.15, -0.1) is 0 Å². The Labute approximate surface area is 95.7 Å². The van der Waals surface area contributed by atoms with Crippen LogP contribution in [0.25, 0.3) is 0 Å².